The van der Waals surface area contributed by atoms with Crippen LogP contribution in [-0.2, 0) is 6.42 Å². The van der Waals surface area contributed by atoms with Gasteiger partial charge in [0.25, 0.3) is 0 Å². The molecular weight excluding hydrogens is 228 g/mol. The number of nitrogens with two attached hydrogens (primary N) is 1. The van der Waals surface area contributed by atoms with Gasteiger partial charge in [-0.15, -0.1) is 0 Å². The molecule has 18 heavy (non-hydrogen) atoms. The van der Waals surface area contributed by atoms with Crippen molar-refractivity contribution in [2.24, 2.45) is 0 Å². The first kappa shape index (κ1) is 10.7. The highest BCUT2D eigenvalue weighted by molar-refractivity contribution is 5.91. The van der Waals surface area contributed by atoms with Gasteiger partial charge in [0.2, 0.25) is 5.95 Å². The lowest BCUT2D eigenvalue weighted by Gasteiger charge is -2.01. The van der Waals surface area contributed by atoms with Crippen molar-refractivity contribution in [3.63, 3.8) is 0 Å². The molecule has 0 aliphatic heterocycles. The number of aromatic nitrogens is 3. The average Bonchev–Trinajstić information content (AvgIpc) is 2.81. The van der Waals surface area contributed by atoms with Crippen LogP contribution in [0.2, 0.25) is 0 Å². The highest BCUT2D eigenvalue weighted by atomic mass is 16.3. The first-order valence-corrected chi connectivity index (χ1v) is 5.75. The van der Waals surface area contributed by atoms with E-state index in [0.29, 0.717) is 11.6 Å². The summed E-state index contributed by atoms with van der Waals surface area (Å²) in [5, 5.41) is 0.977. The van der Waals surface area contributed by atoms with E-state index in [1.165, 1.54) is 0 Å². The highest BCUT2D eigenvalue weighted by Crippen LogP contribution is 2.28. The van der Waals surface area contributed by atoms with Crippen molar-refractivity contribution < 1.29 is 4.42 Å². The van der Waals surface area contributed by atoms with Gasteiger partial charge in [0, 0.05) is 11.8 Å². The van der Waals surface area contributed by atoms with Crippen LogP contribution >= 0.6 is 0 Å². The van der Waals surface area contributed by atoms with E-state index in [1.807, 2.05) is 31.2 Å². The minimum Gasteiger partial charge on any atom is -0.464 e. The van der Waals surface area contributed by atoms with Crippen molar-refractivity contribution in [2.75, 3.05) is 5.73 Å². The highest BCUT2D eigenvalue weighted by Gasteiger charge is 2.12. The van der Waals surface area contributed by atoms with Crippen LogP contribution in [0.4, 0.5) is 5.95 Å². The number of aryl methyl sites for hydroxylation is 1. The number of rotatable bonds is 2. The zero-order valence-corrected chi connectivity index (χ0v) is 9.92. The molecule has 0 aliphatic carbocycles. The van der Waals surface area contributed by atoms with E-state index in [0.717, 1.165) is 23.0 Å². The molecule has 0 fully saturated rings. The SMILES string of the molecule is CCc1nc(N)nc(-c2coc3ccccc23)n1. The lowest BCUT2D eigenvalue weighted by Crippen LogP contribution is -2.03. The van der Waals surface area contributed by atoms with Gasteiger partial charge in [-0.1, -0.05) is 25.1 Å². The van der Waals surface area contributed by atoms with Crippen LogP contribution in [0.5, 0.6) is 0 Å². The number of nitrogen functional groups attached to an aromatic ring is 1. The summed E-state index contributed by atoms with van der Waals surface area (Å²) in [6, 6.07) is 7.76. The molecule has 2 heterocycles. The third-order valence-electron chi connectivity index (χ3n) is 2.74. The number of furan rings is 1. The van der Waals surface area contributed by atoms with E-state index < -0.39 is 0 Å². The fourth-order valence-corrected chi connectivity index (χ4v) is 1.87. The average molecular weight is 240 g/mol. The fraction of sp³-hybridized carbons (Fsp3) is 0.154. The number of hydrogen-bond donors (Lipinski definition) is 1. The summed E-state index contributed by atoms with van der Waals surface area (Å²) in [4.78, 5) is 12.6. The van der Waals surface area contributed by atoms with E-state index >= 15 is 0 Å². The van der Waals surface area contributed by atoms with Crippen molar-refractivity contribution in [2.45, 2.75) is 13.3 Å². The first-order valence-electron chi connectivity index (χ1n) is 5.75. The maximum absolute atomic E-state index is 5.69. The molecule has 0 aliphatic rings. The summed E-state index contributed by atoms with van der Waals surface area (Å²) in [7, 11) is 0. The second-order valence-corrected chi connectivity index (χ2v) is 3.93. The van der Waals surface area contributed by atoms with Crippen molar-refractivity contribution in [3.05, 3.63) is 36.4 Å². The Kier molecular flexibility index (Phi) is 2.44. The quantitative estimate of drug-likeness (QED) is 0.744. The molecule has 3 rings (SSSR count). The van der Waals surface area contributed by atoms with Gasteiger partial charge >= 0.3 is 0 Å². The number of benzene rings is 1. The van der Waals surface area contributed by atoms with Crippen molar-refractivity contribution in [1.82, 2.24) is 15.0 Å². The molecule has 0 atom stereocenters. The van der Waals surface area contributed by atoms with E-state index in [1.54, 1.807) is 6.26 Å². The smallest absolute Gasteiger partial charge is 0.223 e. The third kappa shape index (κ3) is 1.69. The summed E-state index contributed by atoms with van der Waals surface area (Å²) in [5.74, 6) is 1.48. The molecule has 3 aromatic rings. The molecule has 5 heteroatoms. The second kappa shape index (κ2) is 4.10. The minimum atomic E-state index is 0.238. The Morgan fingerprint density at radius 1 is 1.17 bits per heavy atom. The van der Waals surface area contributed by atoms with Crippen LogP contribution in [-0.4, -0.2) is 15.0 Å². The van der Waals surface area contributed by atoms with Crippen molar-refractivity contribution in [3.8, 4) is 11.4 Å². The van der Waals surface area contributed by atoms with Gasteiger partial charge in [0.05, 0.1) is 5.56 Å². The van der Waals surface area contributed by atoms with Gasteiger partial charge in [-0.3, -0.25) is 0 Å². The molecule has 5 nitrogen and oxygen atoms in total. The molecule has 0 amide bonds. The largest absolute Gasteiger partial charge is 0.464 e. The Morgan fingerprint density at radius 2 is 2.00 bits per heavy atom. The summed E-state index contributed by atoms with van der Waals surface area (Å²) in [6.07, 6.45) is 2.37. The molecule has 0 spiro atoms. The summed E-state index contributed by atoms with van der Waals surface area (Å²) in [5.41, 5.74) is 7.34. The number of nitrogens with zero attached hydrogens (tertiary/aromatic N) is 3. The Balaban J connectivity index is 2.22. The van der Waals surface area contributed by atoms with Crippen LogP contribution in [0.25, 0.3) is 22.4 Å². The molecule has 2 N–H and O–H groups in total. The normalized spacial score (nSPS) is 10.9. The number of fused-ring (bicyclic) bond motifs is 1. The zero-order chi connectivity index (χ0) is 12.5. The molecule has 0 saturated carbocycles. The van der Waals surface area contributed by atoms with Crippen molar-refractivity contribution >= 4 is 16.9 Å². The van der Waals surface area contributed by atoms with Gasteiger partial charge in [-0.25, -0.2) is 4.98 Å². The summed E-state index contributed by atoms with van der Waals surface area (Å²) < 4.78 is 5.48. The number of para-hydroxylation sites is 1. The van der Waals surface area contributed by atoms with E-state index in [-0.39, 0.29) is 5.95 Å². The van der Waals surface area contributed by atoms with E-state index in [4.69, 9.17) is 10.2 Å². The third-order valence-corrected chi connectivity index (χ3v) is 2.74. The Bertz CT molecular complexity index is 705. The van der Waals surface area contributed by atoms with Crippen molar-refractivity contribution in [1.29, 1.82) is 0 Å². The maximum atomic E-state index is 5.69. The van der Waals surface area contributed by atoms with Gasteiger partial charge in [0.15, 0.2) is 5.82 Å². The van der Waals surface area contributed by atoms with Crippen LogP contribution in [0.15, 0.2) is 34.9 Å². The molecule has 0 unspecified atom stereocenters. The second-order valence-electron chi connectivity index (χ2n) is 3.93. The number of hydrogen-bond acceptors (Lipinski definition) is 5. The summed E-state index contributed by atoms with van der Waals surface area (Å²) in [6.45, 7) is 1.98. The molecule has 0 bridgehead atoms. The van der Waals surface area contributed by atoms with Crippen LogP contribution in [0, 0.1) is 0 Å². The number of anilines is 1. The predicted molar refractivity (Wildman–Crippen MR) is 68.8 cm³/mol. The molecular formula is C13H12N4O. The lowest BCUT2D eigenvalue weighted by atomic mass is 10.1. The molecule has 0 saturated heterocycles. The Labute approximate surface area is 104 Å². The summed E-state index contributed by atoms with van der Waals surface area (Å²) >= 11 is 0. The van der Waals surface area contributed by atoms with Gasteiger partial charge in [-0.2, -0.15) is 9.97 Å². The van der Waals surface area contributed by atoms with Gasteiger partial charge < -0.3 is 10.2 Å². The Morgan fingerprint density at radius 3 is 2.83 bits per heavy atom. The van der Waals surface area contributed by atoms with Gasteiger partial charge in [0.1, 0.15) is 17.7 Å². The molecule has 0 radical (unpaired) electrons. The maximum Gasteiger partial charge on any atom is 0.223 e. The topological polar surface area (TPSA) is 77.8 Å². The van der Waals surface area contributed by atoms with E-state index in [9.17, 15) is 0 Å². The monoisotopic (exact) mass is 240 g/mol. The van der Waals surface area contributed by atoms with Gasteiger partial charge in [-0.05, 0) is 6.07 Å². The van der Waals surface area contributed by atoms with Crippen LogP contribution in [0.3, 0.4) is 0 Å². The molecule has 1 aromatic carbocycles. The molecule has 90 valence electrons. The van der Waals surface area contributed by atoms with E-state index in [2.05, 4.69) is 15.0 Å². The van der Waals surface area contributed by atoms with Crippen LogP contribution < -0.4 is 5.73 Å². The molecule has 2 aromatic heterocycles. The lowest BCUT2D eigenvalue weighted by molar-refractivity contribution is 0.616. The van der Waals surface area contributed by atoms with Crippen LogP contribution in [0.1, 0.15) is 12.7 Å². The fourth-order valence-electron chi connectivity index (χ4n) is 1.87. The first-order chi connectivity index (χ1) is 8.78. The minimum absolute atomic E-state index is 0.238. The zero-order valence-electron chi connectivity index (χ0n) is 9.92. The Hall–Kier alpha value is -2.43. The standard InChI is InChI=1S/C13H12N4O/c1-2-11-15-12(17-13(14)16-11)9-7-18-10-6-4-3-5-8(9)10/h3-7H,2H2,1H3,(H2,14,15,16,17). The predicted octanol–water partition coefficient (Wildman–Crippen LogP) is 2.43.